The van der Waals surface area contributed by atoms with E-state index >= 15 is 0 Å². The summed E-state index contributed by atoms with van der Waals surface area (Å²) in [4.78, 5) is 25.3. The lowest BCUT2D eigenvalue weighted by Crippen LogP contribution is -2.30. The summed E-state index contributed by atoms with van der Waals surface area (Å²) in [6, 6.07) is 0. The molecule has 334 valence electrons. The molecule has 5 heteroatoms. The fourth-order valence-corrected chi connectivity index (χ4v) is 6.66. The molecular formula is C53H92O5. The molecule has 0 heterocycles. The van der Waals surface area contributed by atoms with Crippen molar-refractivity contribution in [3.05, 3.63) is 72.9 Å². The number of carbonyl (C=O) groups excluding carboxylic acids is 2. The van der Waals surface area contributed by atoms with Gasteiger partial charge in [0.25, 0.3) is 0 Å². The van der Waals surface area contributed by atoms with Gasteiger partial charge in [0.15, 0.2) is 6.10 Å². The quantitative estimate of drug-likeness (QED) is 0.0348. The van der Waals surface area contributed by atoms with Gasteiger partial charge in [0.1, 0.15) is 6.61 Å². The predicted octanol–water partition coefficient (Wildman–Crippen LogP) is 16.3. The number of ether oxygens (including phenoxy) is 3. The monoisotopic (exact) mass is 809 g/mol. The minimum Gasteiger partial charge on any atom is -0.462 e. The summed E-state index contributed by atoms with van der Waals surface area (Å²) in [5.41, 5.74) is 0. The normalized spacial score (nSPS) is 12.8. The van der Waals surface area contributed by atoms with Crippen LogP contribution in [0.5, 0.6) is 0 Å². The highest BCUT2D eigenvalue weighted by atomic mass is 16.6. The molecule has 1 unspecified atom stereocenters. The van der Waals surface area contributed by atoms with Gasteiger partial charge in [0.05, 0.1) is 6.61 Å². The van der Waals surface area contributed by atoms with Gasteiger partial charge in [0, 0.05) is 19.4 Å². The van der Waals surface area contributed by atoms with Crippen LogP contribution >= 0.6 is 0 Å². The second kappa shape index (κ2) is 48.7. The van der Waals surface area contributed by atoms with E-state index in [1.165, 1.54) is 89.9 Å². The zero-order valence-electron chi connectivity index (χ0n) is 38.3. The van der Waals surface area contributed by atoms with E-state index in [0.717, 1.165) is 103 Å². The van der Waals surface area contributed by atoms with Crippen molar-refractivity contribution in [3.63, 3.8) is 0 Å². The van der Waals surface area contributed by atoms with E-state index in [1.807, 2.05) is 0 Å². The van der Waals surface area contributed by atoms with Crippen molar-refractivity contribution in [2.45, 2.75) is 232 Å². The Bertz CT molecular complexity index is 1050. The summed E-state index contributed by atoms with van der Waals surface area (Å²) in [5, 5.41) is 0. The van der Waals surface area contributed by atoms with E-state index in [9.17, 15) is 9.59 Å². The van der Waals surface area contributed by atoms with Gasteiger partial charge in [-0.1, -0.05) is 203 Å². The molecule has 0 N–H and O–H groups in total. The first-order chi connectivity index (χ1) is 28.6. The number of unbranched alkanes of at least 4 members (excludes halogenated alkanes) is 21. The van der Waals surface area contributed by atoms with Crippen LogP contribution in [-0.2, 0) is 23.8 Å². The molecule has 0 aromatic heterocycles. The summed E-state index contributed by atoms with van der Waals surface area (Å²) >= 11 is 0. The molecule has 0 aliphatic heterocycles. The molecule has 0 fully saturated rings. The van der Waals surface area contributed by atoms with Crippen molar-refractivity contribution in [3.8, 4) is 0 Å². The Balaban J connectivity index is 4.32. The summed E-state index contributed by atoms with van der Waals surface area (Å²) in [6.07, 6.45) is 61.9. The maximum absolute atomic E-state index is 12.8. The van der Waals surface area contributed by atoms with Gasteiger partial charge in [-0.25, -0.2) is 0 Å². The fraction of sp³-hybridized carbons (Fsp3) is 0.736. The van der Waals surface area contributed by atoms with Crippen molar-refractivity contribution in [1.29, 1.82) is 0 Å². The van der Waals surface area contributed by atoms with Crippen LogP contribution in [0.1, 0.15) is 226 Å². The number of hydrogen-bond donors (Lipinski definition) is 0. The second-order valence-corrected chi connectivity index (χ2v) is 16.0. The van der Waals surface area contributed by atoms with Gasteiger partial charge in [-0.2, -0.15) is 0 Å². The summed E-state index contributed by atoms with van der Waals surface area (Å²) in [7, 11) is 0. The zero-order chi connectivity index (χ0) is 42.1. The van der Waals surface area contributed by atoms with Crippen molar-refractivity contribution in [2.75, 3.05) is 19.8 Å². The standard InChI is InChI=1S/C53H92O5/c1-4-7-10-13-16-19-22-25-27-29-31-34-37-40-43-46-52(54)57-50-51(49-56-48-45-42-39-36-33-24-21-18-15-12-9-6-3)58-53(55)47-44-41-38-35-32-30-28-26-23-20-17-14-11-8-5-2/h7-8,10-11,16-17,19-20,25-28,51H,4-6,9,12-15,18,21-24,29-50H2,1-3H3/b10-7-,11-8-,19-16-,20-17-,27-25-,28-26-. The molecule has 0 radical (unpaired) electrons. The molecular weight excluding hydrogens is 717 g/mol. The van der Waals surface area contributed by atoms with Crippen LogP contribution in [0, 0.1) is 0 Å². The minimum absolute atomic E-state index is 0.0686. The van der Waals surface area contributed by atoms with Crippen LogP contribution in [0.15, 0.2) is 72.9 Å². The number of esters is 2. The maximum atomic E-state index is 12.8. The third-order valence-electron chi connectivity index (χ3n) is 10.2. The third kappa shape index (κ3) is 46.0. The lowest BCUT2D eigenvalue weighted by atomic mass is 10.1. The Hall–Kier alpha value is -2.66. The smallest absolute Gasteiger partial charge is 0.306 e. The summed E-state index contributed by atoms with van der Waals surface area (Å²) in [5.74, 6) is -0.434. The lowest BCUT2D eigenvalue weighted by Gasteiger charge is -2.18. The maximum Gasteiger partial charge on any atom is 0.306 e. The lowest BCUT2D eigenvalue weighted by molar-refractivity contribution is -0.163. The fourth-order valence-electron chi connectivity index (χ4n) is 6.66. The molecule has 5 nitrogen and oxygen atoms in total. The molecule has 0 saturated heterocycles. The zero-order valence-corrected chi connectivity index (χ0v) is 38.3. The molecule has 0 saturated carbocycles. The van der Waals surface area contributed by atoms with Crippen molar-refractivity contribution in [2.24, 2.45) is 0 Å². The van der Waals surface area contributed by atoms with Gasteiger partial charge < -0.3 is 14.2 Å². The van der Waals surface area contributed by atoms with Gasteiger partial charge in [-0.05, 0) is 83.5 Å². The van der Waals surface area contributed by atoms with Crippen LogP contribution < -0.4 is 0 Å². The van der Waals surface area contributed by atoms with E-state index in [4.69, 9.17) is 14.2 Å². The average molecular weight is 809 g/mol. The van der Waals surface area contributed by atoms with Gasteiger partial charge in [0.2, 0.25) is 0 Å². The Morgan fingerprint density at radius 1 is 0.397 bits per heavy atom. The topological polar surface area (TPSA) is 61.8 Å². The Morgan fingerprint density at radius 2 is 0.776 bits per heavy atom. The van der Waals surface area contributed by atoms with Crippen LogP contribution in [0.4, 0.5) is 0 Å². The summed E-state index contributed by atoms with van der Waals surface area (Å²) in [6.45, 7) is 7.58. The average Bonchev–Trinajstić information content (AvgIpc) is 3.22. The van der Waals surface area contributed by atoms with Crippen LogP contribution in [0.3, 0.4) is 0 Å². The molecule has 0 aromatic carbocycles. The number of allylic oxidation sites excluding steroid dienone is 12. The van der Waals surface area contributed by atoms with E-state index in [1.54, 1.807) is 0 Å². The van der Waals surface area contributed by atoms with Crippen LogP contribution in [-0.4, -0.2) is 37.9 Å². The Kier molecular flexibility index (Phi) is 46.5. The van der Waals surface area contributed by atoms with Crippen molar-refractivity contribution < 1.29 is 23.8 Å². The number of hydrogen-bond acceptors (Lipinski definition) is 5. The largest absolute Gasteiger partial charge is 0.462 e. The first-order valence-corrected chi connectivity index (χ1v) is 24.5. The molecule has 1 atom stereocenters. The highest BCUT2D eigenvalue weighted by Gasteiger charge is 2.17. The van der Waals surface area contributed by atoms with E-state index in [0.29, 0.717) is 19.4 Å². The molecule has 0 amide bonds. The summed E-state index contributed by atoms with van der Waals surface area (Å²) < 4.78 is 17.3. The molecule has 0 bridgehead atoms. The molecule has 0 spiro atoms. The van der Waals surface area contributed by atoms with E-state index < -0.39 is 6.10 Å². The van der Waals surface area contributed by atoms with Gasteiger partial charge in [-0.15, -0.1) is 0 Å². The third-order valence-corrected chi connectivity index (χ3v) is 10.2. The minimum atomic E-state index is -0.551. The molecule has 0 aromatic rings. The van der Waals surface area contributed by atoms with Gasteiger partial charge >= 0.3 is 11.9 Å². The second-order valence-electron chi connectivity index (χ2n) is 16.0. The van der Waals surface area contributed by atoms with Crippen molar-refractivity contribution >= 4 is 11.9 Å². The first-order valence-electron chi connectivity index (χ1n) is 24.5. The highest BCUT2D eigenvalue weighted by molar-refractivity contribution is 5.70. The molecule has 0 aliphatic rings. The van der Waals surface area contributed by atoms with Crippen LogP contribution in [0.2, 0.25) is 0 Å². The van der Waals surface area contributed by atoms with E-state index in [-0.39, 0.29) is 25.2 Å². The SMILES string of the molecule is CC/C=C\C/C=C\C/C=C\CCCCCCCC(=O)OCC(COCCCCCCCCCCCCCC)OC(=O)CCCCCCC/C=C\C/C=C\C/C=C\CC. The van der Waals surface area contributed by atoms with E-state index in [2.05, 4.69) is 93.7 Å². The highest BCUT2D eigenvalue weighted by Crippen LogP contribution is 2.14. The Morgan fingerprint density at radius 3 is 1.24 bits per heavy atom. The first kappa shape index (κ1) is 55.3. The molecule has 0 aliphatic carbocycles. The van der Waals surface area contributed by atoms with Crippen molar-refractivity contribution in [1.82, 2.24) is 0 Å². The van der Waals surface area contributed by atoms with Gasteiger partial charge in [-0.3, -0.25) is 9.59 Å². The number of carbonyl (C=O) groups is 2. The predicted molar refractivity (Wildman–Crippen MR) is 251 cm³/mol. The molecule has 0 rings (SSSR count). The number of rotatable bonds is 44. The Labute approximate surface area is 359 Å². The molecule has 58 heavy (non-hydrogen) atoms. The van der Waals surface area contributed by atoms with Crippen LogP contribution in [0.25, 0.3) is 0 Å².